The first-order chi connectivity index (χ1) is 9.90. The standard InChI is InChI=1S/C13H14Cl2N2O4/c14-9-6-7(17(20)21)5-8(12(9)15)13(19)16-10-3-1-2-4-11(10)18/h5-6,10-11,18H,1-4H2,(H,16,19)/t10-,11-/m1/s1. The van der Waals surface area contributed by atoms with Crippen LogP contribution in [0.5, 0.6) is 0 Å². The molecule has 1 amide bonds. The number of nitrogens with zero attached hydrogens (tertiary/aromatic N) is 1. The summed E-state index contributed by atoms with van der Waals surface area (Å²) in [5.74, 6) is -0.573. The van der Waals surface area contributed by atoms with Gasteiger partial charge in [0.2, 0.25) is 0 Å². The van der Waals surface area contributed by atoms with Crippen molar-refractivity contribution in [3.63, 3.8) is 0 Å². The van der Waals surface area contributed by atoms with Gasteiger partial charge in [0.15, 0.2) is 0 Å². The van der Waals surface area contributed by atoms with Crippen LogP contribution in [0.1, 0.15) is 36.0 Å². The minimum Gasteiger partial charge on any atom is -0.391 e. The highest BCUT2D eigenvalue weighted by Gasteiger charge is 2.27. The minimum atomic E-state index is -0.644. The Bertz CT molecular complexity index is 580. The Hall–Kier alpha value is -1.37. The summed E-state index contributed by atoms with van der Waals surface area (Å²) in [6.45, 7) is 0. The van der Waals surface area contributed by atoms with Crippen molar-refractivity contribution in [3.8, 4) is 0 Å². The van der Waals surface area contributed by atoms with Crippen molar-refractivity contribution in [2.75, 3.05) is 0 Å². The molecule has 0 radical (unpaired) electrons. The molecular weight excluding hydrogens is 319 g/mol. The lowest BCUT2D eigenvalue weighted by molar-refractivity contribution is -0.384. The highest BCUT2D eigenvalue weighted by molar-refractivity contribution is 6.44. The predicted octanol–water partition coefficient (Wildman–Crippen LogP) is 2.93. The lowest BCUT2D eigenvalue weighted by atomic mass is 9.92. The van der Waals surface area contributed by atoms with Gasteiger partial charge in [-0.1, -0.05) is 36.0 Å². The Labute approximate surface area is 131 Å². The molecule has 1 aromatic rings. The Morgan fingerprint density at radius 2 is 2.00 bits per heavy atom. The van der Waals surface area contributed by atoms with Crippen LogP contribution >= 0.6 is 23.2 Å². The molecule has 1 saturated carbocycles. The summed E-state index contributed by atoms with van der Waals surface area (Å²) < 4.78 is 0. The number of hydrogen-bond donors (Lipinski definition) is 2. The minimum absolute atomic E-state index is 0.0370. The van der Waals surface area contributed by atoms with E-state index in [1.54, 1.807) is 0 Å². The van der Waals surface area contributed by atoms with E-state index in [2.05, 4.69) is 5.32 Å². The molecule has 2 N–H and O–H groups in total. The molecule has 1 aliphatic carbocycles. The summed E-state index contributed by atoms with van der Waals surface area (Å²) in [5, 5.41) is 23.2. The Kier molecular flexibility index (Phi) is 5.03. The van der Waals surface area contributed by atoms with Crippen LogP contribution < -0.4 is 5.32 Å². The van der Waals surface area contributed by atoms with Crippen molar-refractivity contribution in [3.05, 3.63) is 37.9 Å². The van der Waals surface area contributed by atoms with Crippen molar-refractivity contribution in [1.82, 2.24) is 5.32 Å². The molecule has 0 aromatic heterocycles. The fraction of sp³-hybridized carbons (Fsp3) is 0.462. The number of benzene rings is 1. The highest BCUT2D eigenvalue weighted by atomic mass is 35.5. The second-order valence-electron chi connectivity index (χ2n) is 4.98. The Morgan fingerprint density at radius 3 is 2.62 bits per heavy atom. The van der Waals surface area contributed by atoms with E-state index in [-0.39, 0.29) is 27.3 Å². The number of aliphatic hydroxyl groups is 1. The number of nitrogens with one attached hydrogen (secondary N) is 1. The third-order valence-corrected chi connectivity index (χ3v) is 4.32. The van der Waals surface area contributed by atoms with Gasteiger partial charge in [-0.2, -0.15) is 0 Å². The third kappa shape index (κ3) is 3.64. The summed E-state index contributed by atoms with van der Waals surface area (Å²) in [4.78, 5) is 22.4. The number of halogens is 2. The number of amides is 1. The molecule has 2 atom stereocenters. The van der Waals surface area contributed by atoms with Crippen molar-refractivity contribution in [2.45, 2.75) is 37.8 Å². The van der Waals surface area contributed by atoms with Gasteiger partial charge in [-0.15, -0.1) is 0 Å². The molecule has 2 rings (SSSR count). The van der Waals surface area contributed by atoms with Gasteiger partial charge in [0.1, 0.15) is 0 Å². The maximum atomic E-state index is 12.2. The number of carbonyl (C=O) groups is 1. The molecule has 6 nitrogen and oxygen atoms in total. The van der Waals surface area contributed by atoms with E-state index in [0.717, 1.165) is 25.0 Å². The molecule has 1 fully saturated rings. The zero-order valence-electron chi connectivity index (χ0n) is 11.0. The molecule has 0 heterocycles. The van der Waals surface area contributed by atoms with Crippen molar-refractivity contribution < 1.29 is 14.8 Å². The van der Waals surface area contributed by atoms with Crippen LogP contribution in [-0.4, -0.2) is 28.1 Å². The first kappa shape index (κ1) is 16.0. The second-order valence-corrected chi connectivity index (χ2v) is 5.76. The fourth-order valence-corrected chi connectivity index (χ4v) is 2.78. The van der Waals surface area contributed by atoms with Gasteiger partial charge in [0.25, 0.3) is 11.6 Å². The first-order valence-corrected chi connectivity index (χ1v) is 7.28. The normalized spacial score (nSPS) is 21.9. The van der Waals surface area contributed by atoms with Gasteiger partial charge >= 0.3 is 0 Å². The van der Waals surface area contributed by atoms with Crippen LogP contribution in [-0.2, 0) is 0 Å². The fourth-order valence-electron chi connectivity index (χ4n) is 2.37. The van der Waals surface area contributed by atoms with E-state index in [1.807, 2.05) is 0 Å². The number of non-ortho nitro benzene ring substituents is 1. The average molecular weight is 333 g/mol. The molecule has 1 aliphatic rings. The number of aliphatic hydroxyl groups excluding tert-OH is 1. The lowest BCUT2D eigenvalue weighted by Crippen LogP contribution is -2.45. The summed E-state index contributed by atoms with van der Waals surface area (Å²) >= 11 is 11.8. The van der Waals surface area contributed by atoms with E-state index in [9.17, 15) is 20.0 Å². The maximum absolute atomic E-state index is 12.2. The van der Waals surface area contributed by atoms with Gasteiger partial charge in [0.05, 0.1) is 32.7 Å². The van der Waals surface area contributed by atoms with E-state index < -0.39 is 16.9 Å². The zero-order valence-corrected chi connectivity index (χ0v) is 12.5. The predicted molar refractivity (Wildman–Crippen MR) is 78.8 cm³/mol. The van der Waals surface area contributed by atoms with Gasteiger partial charge in [-0.05, 0) is 12.8 Å². The van der Waals surface area contributed by atoms with E-state index in [4.69, 9.17) is 23.2 Å². The van der Waals surface area contributed by atoms with Crippen LogP contribution in [0.15, 0.2) is 12.1 Å². The number of hydrogen-bond acceptors (Lipinski definition) is 4. The molecule has 0 saturated heterocycles. The van der Waals surface area contributed by atoms with Crippen LogP contribution in [0.4, 0.5) is 5.69 Å². The van der Waals surface area contributed by atoms with Crippen LogP contribution in [0.3, 0.4) is 0 Å². The Morgan fingerprint density at radius 1 is 1.33 bits per heavy atom. The molecule has 1 aromatic carbocycles. The molecule has 0 bridgehead atoms. The monoisotopic (exact) mass is 332 g/mol. The van der Waals surface area contributed by atoms with Crippen molar-refractivity contribution in [1.29, 1.82) is 0 Å². The SMILES string of the molecule is O=C(N[C@@H]1CCCC[C@H]1O)c1cc([N+](=O)[O-])cc(Cl)c1Cl. The van der Waals surface area contributed by atoms with E-state index in [1.165, 1.54) is 0 Å². The average Bonchev–Trinajstić information content (AvgIpc) is 2.43. The number of nitro groups is 1. The summed E-state index contributed by atoms with van der Waals surface area (Å²) in [5.41, 5.74) is -0.368. The summed E-state index contributed by atoms with van der Waals surface area (Å²) in [7, 11) is 0. The maximum Gasteiger partial charge on any atom is 0.271 e. The van der Waals surface area contributed by atoms with Crippen LogP contribution in [0.25, 0.3) is 0 Å². The quantitative estimate of drug-likeness (QED) is 0.657. The number of nitro benzene ring substituents is 1. The second kappa shape index (κ2) is 6.60. The highest BCUT2D eigenvalue weighted by Crippen LogP contribution is 2.31. The van der Waals surface area contributed by atoms with E-state index in [0.29, 0.717) is 12.8 Å². The van der Waals surface area contributed by atoms with Gasteiger partial charge in [0, 0.05) is 12.1 Å². The summed E-state index contributed by atoms with van der Waals surface area (Å²) in [6.07, 6.45) is 2.49. The smallest absolute Gasteiger partial charge is 0.271 e. The number of rotatable bonds is 3. The van der Waals surface area contributed by atoms with Crippen LogP contribution in [0.2, 0.25) is 10.0 Å². The first-order valence-electron chi connectivity index (χ1n) is 6.52. The topological polar surface area (TPSA) is 92.5 Å². The molecule has 114 valence electrons. The molecule has 21 heavy (non-hydrogen) atoms. The van der Waals surface area contributed by atoms with E-state index >= 15 is 0 Å². The molecule has 0 aliphatic heterocycles. The summed E-state index contributed by atoms with van der Waals surface area (Å²) in [6, 6.07) is 1.80. The molecular formula is C13H14Cl2N2O4. The molecule has 8 heteroatoms. The van der Waals surface area contributed by atoms with Gasteiger partial charge in [-0.3, -0.25) is 14.9 Å². The molecule has 0 spiro atoms. The largest absolute Gasteiger partial charge is 0.391 e. The molecule has 0 unspecified atom stereocenters. The lowest BCUT2D eigenvalue weighted by Gasteiger charge is -2.28. The van der Waals surface area contributed by atoms with Crippen LogP contribution in [0, 0.1) is 10.1 Å². The van der Waals surface area contributed by atoms with Crippen molar-refractivity contribution >= 4 is 34.8 Å². The van der Waals surface area contributed by atoms with Gasteiger partial charge < -0.3 is 10.4 Å². The Balaban J connectivity index is 2.24. The zero-order chi connectivity index (χ0) is 15.6. The van der Waals surface area contributed by atoms with Gasteiger partial charge in [-0.25, -0.2) is 0 Å². The third-order valence-electron chi connectivity index (χ3n) is 3.51. The van der Waals surface area contributed by atoms with Crippen molar-refractivity contribution in [2.24, 2.45) is 0 Å². The number of carbonyl (C=O) groups excluding carboxylic acids is 1.